The summed E-state index contributed by atoms with van der Waals surface area (Å²) in [7, 11) is 1.58. The molecule has 0 heterocycles. The number of carboxylic acid groups (broad SMARTS) is 3. The molecule has 4 N–H and O–H groups in total. The number of aliphatic carboxylic acids is 3. The van der Waals surface area contributed by atoms with Crippen molar-refractivity contribution in [1.82, 2.24) is 0 Å². The number of methoxy groups -OCH3 is 2. The molecular formula is C12H16O11. The van der Waals surface area contributed by atoms with E-state index in [9.17, 15) is 34.2 Å². The van der Waals surface area contributed by atoms with Crippen molar-refractivity contribution in [3.8, 4) is 0 Å². The summed E-state index contributed by atoms with van der Waals surface area (Å²) in [6.07, 6.45) is -1.59. The quantitative estimate of drug-likeness (QED) is 0.293. The molecule has 0 aromatic carbocycles. The Morgan fingerprint density at radius 2 is 1.30 bits per heavy atom. The zero-order valence-corrected chi connectivity index (χ0v) is 12.4. The van der Waals surface area contributed by atoms with Gasteiger partial charge in [0.1, 0.15) is 5.41 Å². The molecule has 0 bridgehead atoms. The molecule has 0 fully saturated rings. The molecule has 11 nitrogen and oxygen atoms in total. The first-order chi connectivity index (χ1) is 10.4. The fourth-order valence-corrected chi connectivity index (χ4v) is 2.04. The third-order valence-electron chi connectivity index (χ3n) is 3.52. The van der Waals surface area contributed by atoms with E-state index in [0.717, 1.165) is 14.2 Å². The van der Waals surface area contributed by atoms with E-state index in [0.29, 0.717) is 6.92 Å². The summed E-state index contributed by atoms with van der Waals surface area (Å²) in [5, 5.41) is 37.5. The molecule has 0 aromatic heterocycles. The van der Waals surface area contributed by atoms with Crippen LogP contribution in [-0.4, -0.2) is 70.1 Å². The Morgan fingerprint density at radius 1 is 0.913 bits per heavy atom. The van der Waals surface area contributed by atoms with E-state index in [1.807, 2.05) is 0 Å². The van der Waals surface area contributed by atoms with Gasteiger partial charge in [-0.25, -0.2) is 4.79 Å². The molecule has 0 aliphatic carbocycles. The number of carbonyl (C=O) groups is 5. The van der Waals surface area contributed by atoms with Crippen LogP contribution in [0, 0.1) is 11.3 Å². The minimum absolute atomic E-state index is 0.547. The molecule has 0 aliphatic rings. The van der Waals surface area contributed by atoms with Crippen molar-refractivity contribution in [1.29, 1.82) is 0 Å². The Bertz CT molecular complexity index is 523. The van der Waals surface area contributed by atoms with E-state index < -0.39 is 53.2 Å². The average molecular weight is 336 g/mol. The third-order valence-corrected chi connectivity index (χ3v) is 3.52. The van der Waals surface area contributed by atoms with Crippen molar-refractivity contribution in [2.75, 3.05) is 14.2 Å². The molecule has 0 spiro atoms. The van der Waals surface area contributed by atoms with E-state index in [1.54, 1.807) is 0 Å². The van der Waals surface area contributed by atoms with Crippen molar-refractivity contribution in [3.05, 3.63) is 0 Å². The van der Waals surface area contributed by atoms with Gasteiger partial charge in [-0.05, 0) is 6.92 Å². The summed E-state index contributed by atoms with van der Waals surface area (Å²) in [6.45, 7) is 0.547. The molecular weight excluding hydrogens is 320 g/mol. The van der Waals surface area contributed by atoms with Crippen LogP contribution >= 0.6 is 0 Å². The lowest BCUT2D eigenvalue weighted by Crippen LogP contribution is -2.64. The number of carbonyl (C=O) groups excluding carboxylic acids is 2. The van der Waals surface area contributed by atoms with Crippen LogP contribution in [0.5, 0.6) is 0 Å². The van der Waals surface area contributed by atoms with Gasteiger partial charge in [-0.1, -0.05) is 0 Å². The fraction of sp³-hybridized carbons (Fsp3) is 0.583. The molecule has 0 rings (SSSR count). The van der Waals surface area contributed by atoms with Crippen molar-refractivity contribution in [2.45, 2.75) is 18.9 Å². The van der Waals surface area contributed by atoms with Gasteiger partial charge in [-0.15, -0.1) is 0 Å². The number of hydrogen-bond acceptors (Lipinski definition) is 8. The molecule has 0 saturated heterocycles. The second kappa shape index (κ2) is 7.05. The van der Waals surface area contributed by atoms with Crippen molar-refractivity contribution < 1.29 is 53.9 Å². The maximum absolute atomic E-state index is 11.8. The van der Waals surface area contributed by atoms with Crippen LogP contribution in [0.2, 0.25) is 0 Å². The van der Waals surface area contributed by atoms with Gasteiger partial charge in [-0.3, -0.25) is 19.2 Å². The lowest BCUT2D eigenvalue weighted by atomic mass is 9.63. The molecule has 2 atom stereocenters. The summed E-state index contributed by atoms with van der Waals surface area (Å²) in [5.74, 6) is -11.7. The van der Waals surface area contributed by atoms with Crippen LogP contribution in [-0.2, 0) is 33.4 Å². The molecule has 0 saturated carbocycles. The van der Waals surface area contributed by atoms with Crippen LogP contribution in [0.15, 0.2) is 0 Å². The van der Waals surface area contributed by atoms with E-state index >= 15 is 0 Å². The maximum Gasteiger partial charge on any atom is 0.337 e. The summed E-state index contributed by atoms with van der Waals surface area (Å²) in [4.78, 5) is 57.4. The van der Waals surface area contributed by atoms with Gasteiger partial charge >= 0.3 is 29.8 Å². The largest absolute Gasteiger partial charge is 0.481 e. The average Bonchev–Trinajstić information content (AvgIpc) is 2.45. The zero-order valence-electron chi connectivity index (χ0n) is 12.4. The fourth-order valence-electron chi connectivity index (χ4n) is 2.04. The van der Waals surface area contributed by atoms with Gasteiger partial charge < -0.3 is 29.9 Å². The lowest BCUT2D eigenvalue weighted by molar-refractivity contribution is -0.206. The molecule has 0 aromatic rings. The molecule has 0 amide bonds. The van der Waals surface area contributed by atoms with E-state index in [2.05, 4.69) is 9.47 Å². The minimum Gasteiger partial charge on any atom is -0.481 e. The number of esters is 2. The van der Waals surface area contributed by atoms with Crippen LogP contribution < -0.4 is 0 Å². The monoisotopic (exact) mass is 336 g/mol. The number of aliphatic hydroxyl groups is 1. The SMILES string of the molecule is COC(=O)C(C(=O)OC)C(C)(C(=O)O)C(O)(CC(=O)O)C(=O)O. The molecule has 11 heteroatoms. The Hall–Kier alpha value is -2.69. The summed E-state index contributed by atoms with van der Waals surface area (Å²) >= 11 is 0. The first-order valence-corrected chi connectivity index (χ1v) is 5.96. The molecule has 23 heavy (non-hydrogen) atoms. The number of rotatable bonds is 8. The molecule has 0 aliphatic heterocycles. The smallest absolute Gasteiger partial charge is 0.337 e. The number of carboxylic acids is 3. The van der Waals surface area contributed by atoms with E-state index in [4.69, 9.17) is 10.2 Å². The molecule has 0 radical (unpaired) electrons. The highest BCUT2D eigenvalue weighted by molar-refractivity contribution is 6.04. The van der Waals surface area contributed by atoms with Crippen molar-refractivity contribution >= 4 is 29.8 Å². The normalized spacial score (nSPS) is 15.9. The number of hydrogen-bond donors (Lipinski definition) is 4. The first kappa shape index (κ1) is 20.3. The van der Waals surface area contributed by atoms with Gasteiger partial charge in [0.25, 0.3) is 0 Å². The minimum atomic E-state index is -3.50. The summed E-state index contributed by atoms with van der Waals surface area (Å²) in [5.41, 5.74) is -6.59. The zero-order chi connectivity index (χ0) is 18.6. The van der Waals surface area contributed by atoms with Gasteiger partial charge in [0, 0.05) is 0 Å². The second-order valence-electron chi connectivity index (χ2n) is 4.72. The van der Waals surface area contributed by atoms with Crippen LogP contribution in [0.4, 0.5) is 0 Å². The summed E-state index contributed by atoms with van der Waals surface area (Å²) < 4.78 is 8.51. The van der Waals surface area contributed by atoms with Gasteiger partial charge in [0.05, 0.1) is 20.6 Å². The van der Waals surface area contributed by atoms with Crippen LogP contribution in [0.25, 0.3) is 0 Å². The van der Waals surface area contributed by atoms with Crippen molar-refractivity contribution in [2.24, 2.45) is 11.3 Å². The van der Waals surface area contributed by atoms with Gasteiger partial charge in [0.15, 0.2) is 11.5 Å². The first-order valence-electron chi connectivity index (χ1n) is 5.96. The second-order valence-corrected chi connectivity index (χ2v) is 4.72. The van der Waals surface area contributed by atoms with Crippen LogP contribution in [0.3, 0.4) is 0 Å². The number of ether oxygens (including phenoxy) is 2. The van der Waals surface area contributed by atoms with Crippen molar-refractivity contribution in [3.63, 3.8) is 0 Å². The van der Waals surface area contributed by atoms with Gasteiger partial charge in [0.2, 0.25) is 0 Å². The highest BCUT2D eigenvalue weighted by Crippen LogP contribution is 2.43. The topological polar surface area (TPSA) is 185 Å². The molecule has 130 valence electrons. The van der Waals surface area contributed by atoms with Crippen LogP contribution in [0.1, 0.15) is 13.3 Å². The standard InChI is InChI=1S/C12H16O11/c1-11(9(17)18,6(7(15)22-2)8(16)23-3)12(21,10(19)20)4-5(13)14/h6,21H,4H2,1-3H3,(H,13,14)(H,17,18)(H,19,20). The van der Waals surface area contributed by atoms with E-state index in [-0.39, 0.29) is 0 Å². The van der Waals surface area contributed by atoms with E-state index in [1.165, 1.54) is 0 Å². The summed E-state index contributed by atoms with van der Waals surface area (Å²) in [6, 6.07) is 0. The predicted octanol–water partition coefficient (Wildman–Crippen LogP) is -1.67. The lowest BCUT2D eigenvalue weighted by Gasteiger charge is -2.40. The molecule has 2 unspecified atom stereocenters. The maximum atomic E-state index is 11.8. The Kier molecular flexibility index (Phi) is 6.22. The Labute approximate surface area is 129 Å². The third kappa shape index (κ3) is 3.39. The Balaban J connectivity index is 6.58. The highest BCUT2D eigenvalue weighted by Gasteiger charge is 2.67. The highest BCUT2D eigenvalue weighted by atomic mass is 16.5. The predicted molar refractivity (Wildman–Crippen MR) is 68.1 cm³/mol. The van der Waals surface area contributed by atoms with Gasteiger partial charge in [-0.2, -0.15) is 0 Å². The Morgan fingerprint density at radius 3 is 1.52 bits per heavy atom.